The van der Waals surface area contributed by atoms with Crippen LogP contribution in [0.15, 0.2) is 0 Å². The Morgan fingerprint density at radius 3 is 2.75 bits per heavy atom. The van der Waals surface area contributed by atoms with Gasteiger partial charge in [0.25, 0.3) is 0 Å². The predicted molar refractivity (Wildman–Crippen MR) is 67.5 cm³/mol. The van der Waals surface area contributed by atoms with Crippen LogP contribution in [0.25, 0.3) is 0 Å². The second-order valence-corrected chi connectivity index (χ2v) is 5.58. The van der Waals surface area contributed by atoms with Gasteiger partial charge in [0.05, 0.1) is 18.1 Å². The fraction of sp³-hybridized carbons (Fsp3) is 1.00. The number of hydrogen-bond donors (Lipinski definition) is 2. The lowest BCUT2D eigenvalue weighted by atomic mass is 9.77. The number of ether oxygens (including phenoxy) is 1. The van der Waals surface area contributed by atoms with Crippen molar-refractivity contribution in [3.63, 3.8) is 0 Å². The number of rotatable bonds is 6. The molecule has 0 heterocycles. The van der Waals surface area contributed by atoms with E-state index in [-0.39, 0.29) is 18.1 Å². The molecule has 16 heavy (non-hydrogen) atoms. The van der Waals surface area contributed by atoms with Crippen LogP contribution in [0.4, 0.5) is 0 Å². The molecule has 1 fully saturated rings. The highest BCUT2D eigenvalue weighted by Gasteiger charge is 2.32. The third-order valence-electron chi connectivity index (χ3n) is 3.71. The summed E-state index contributed by atoms with van der Waals surface area (Å²) in [4.78, 5) is 0. The summed E-state index contributed by atoms with van der Waals surface area (Å²) in [5.41, 5.74) is 0. The minimum Gasteiger partial charge on any atom is -0.390 e. The van der Waals surface area contributed by atoms with Gasteiger partial charge in [-0.1, -0.05) is 13.3 Å². The first-order valence-corrected chi connectivity index (χ1v) is 7.27. The average molecular weight is 248 g/mol. The zero-order chi connectivity index (χ0) is 12.0. The molecule has 0 aromatic carbocycles. The van der Waals surface area contributed by atoms with Crippen molar-refractivity contribution in [2.45, 2.75) is 44.8 Å². The van der Waals surface area contributed by atoms with Gasteiger partial charge in [-0.3, -0.25) is 0 Å². The van der Waals surface area contributed by atoms with E-state index in [1.165, 1.54) is 0 Å². The normalized spacial score (nSPS) is 32.6. The highest BCUT2D eigenvalue weighted by atomic mass is 32.2. The Bertz CT molecular complexity index is 189. The first-order chi connectivity index (χ1) is 7.72. The molecule has 0 amide bonds. The summed E-state index contributed by atoms with van der Waals surface area (Å²) in [6.45, 7) is 2.20. The number of methoxy groups -OCH3 is 1. The van der Waals surface area contributed by atoms with Crippen molar-refractivity contribution in [1.82, 2.24) is 0 Å². The van der Waals surface area contributed by atoms with Crippen LogP contribution >= 0.6 is 11.8 Å². The third kappa shape index (κ3) is 3.91. The van der Waals surface area contributed by atoms with Crippen LogP contribution in [0.3, 0.4) is 0 Å². The first kappa shape index (κ1) is 14.3. The smallest absolute Gasteiger partial charge is 0.0886 e. The molecule has 1 aliphatic rings. The Labute approximate surface area is 103 Å². The SMILES string of the molecule is CCC(CSCO)C1CCC(O)C(OC)C1. The summed E-state index contributed by atoms with van der Waals surface area (Å²) in [5, 5.41) is 18.6. The quantitative estimate of drug-likeness (QED) is 0.705. The van der Waals surface area contributed by atoms with E-state index >= 15 is 0 Å². The van der Waals surface area contributed by atoms with E-state index in [0.29, 0.717) is 11.8 Å². The van der Waals surface area contributed by atoms with Crippen LogP contribution in [0, 0.1) is 11.8 Å². The van der Waals surface area contributed by atoms with Gasteiger partial charge in [-0.05, 0) is 36.9 Å². The summed E-state index contributed by atoms with van der Waals surface area (Å²) in [6.07, 6.45) is 3.76. The Hall–Kier alpha value is 0.230. The van der Waals surface area contributed by atoms with E-state index in [4.69, 9.17) is 9.84 Å². The fourth-order valence-corrected chi connectivity index (χ4v) is 3.53. The Morgan fingerprint density at radius 1 is 1.44 bits per heavy atom. The van der Waals surface area contributed by atoms with Crippen molar-refractivity contribution in [2.24, 2.45) is 11.8 Å². The van der Waals surface area contributed by atoms with Crippen LogP contribution in [0.1, 0.15) is 32.6 Å². The number of hydrogen-bond acceptors (Lipinski definition) is 4. The molecule has 0 radical (unpaired) electrons. The topological polar surface area (TPSA) is 49.7 Å². The molecule has 1 aliphatic carbocycles. The summed E-state index contributed by atoms with van der Waals surface area (Å²) < 4.78 is 5.33. The summed E-state index contributed by atoms with van der Waals surface area (Å²) in [7, 11) is 1.68. The molecule has 4 heteroatoms. The minimum atomic E-state index is -0.288. The van der Waals surface area contributed by atoms with E-state index < -0.39 is 0 Å². The first-order valence-electron chi connectivity index (χ1n) is 6.12. The molecule has 0 saturated heterocycles. The summed E-state index contributed by atoms with van der Waals surface area (Å²) in [6, 6.07) is 0. The van der Waals surface area contributed by atoms with Crippen molar-refractivity contribution < 1.29 is 14.9 Å². The van der Waals surface area contributed by atoms with Gasteiger partial charge in [0.2, 0.25) is 0 Å². The second kappa shape index (κ2) is 7.54. The molecule has 4 atom stereocenters. The highest BCUT2D eigenvalue weighted by molar-refractivity contribution is 7.99. The van der Waals surface area contributed by atoms with Gasteiger partial charge in [-0.15, -0.1) is 11.8 Å². The Balaban J connectivity index is 2.45. The number of aliphatic hydroxyl groups is 2. The van der Waals surface area contributed by atoms with Gasteiger partial charge in [0, 0.05) is 7.11 Å². The maximum absolute atomic E-state index is 9.75. The van der Waals surface area contributed by atoms with Gasteiger partial charge in [0.1, 0.15) is 0 Å². The van der Waals surface area contributed by atoms with E-state index in [0.717, 1.165) is 31.4 Å². The van der Waals surface area contributed by atoms with Gasteiger partial charge in [0.15, 0.2) is 0 Å². The molecular weight excluding hydrogens is 224 g/mol. The molecule has 96 valence electrons. The van der Waals surface area contributed by atoms with Crippen molar-refractivity contribution in [1.29, 1.82) is 0 Å². The van der Waals surface area contributed by atoms with Crippen LogP contribution < -0.4 is 0 Å². The molecule has 3 nitrogen and oxygen atoms in total. The zero-order valence-electron chi connectivity index (χ0n) is 10.3. The van der Waals surface area contributed by atoms with E-state index in [1.807, 2.05) is 0 Å². The van der Waals surface area contributed by atoms with Gasteiger partial charge in [-0.2, -0.15) is 0 Å². The van der Waals surface area contributed by atoms with E-state index in [1.54, 1.807) is 18.9 Å². The van der Waals surface area contributed by atoms with E-state index in [9.17, 15) is 5.11 Å². The molecule has 0 aromatic heterocycles. The molecule has 1 rings (SSSR count). The minimum absolute atomic E-state index is 0.00641. The summed E-state index contributed by atoms with van der Waals surface area (Å²) >= 11 is 1.60. The van der Waals surface area contributed by atoms with Crippen LogP contribution in [-0.2, 0) is 4.74 Å². The molecule has 4 unspecified atom stereocenters. The molecule has 0 spiro atoms. The lowest BCUT2D eigenvalue weighted by molar-refractivity contribution is -0.0569. The van der Waals surface area contributed by atoms with Gasteiger partial charge < -0.3 is 14.9 Å². The monoisotopic (exact) mass is 248 g/mol. The van der Waals surface area contributed by atoms with Crippen LogP contribution in [0.2, 0.25) is 0 Å². The molecule has 1 saturated carbocycles. The maximum Gasteiger partial charge on any atom is 0.0886 e. The van der Waals surface area contributed by atoms with Crippen molar-refractivity contribution >= 4 is 11.8 Å². The van der Waals surface area contributed by atoms with Gasteiger partial charge in [-0.25, -0.2) is 0 Å². The Morgan fingerprint density at radius 2 is 2.19 bits per heavy atom. The molecular formula is C12H24O3S. The Kier molecular flexibility index (Phi) is 6.73. The average Bonchev–Trinajstić information content (AvgIpc) is 2.32. The second-order valence-electron chi connectivity index (χ2n) is 4.58. The number of aliphatic hydroxyl groups excluding tert-OH is 2. The molecule has 0 aliphatic heterocycles. The third-order valence-corrected chi connectivity index (χ3v) is 4.56. The van der Waals surface area contributed by atoms with Crippen LogP contribution in [0.5, 0.6) is 0 Å². The standard InChI is InChI=1S/C12H24O3S/c1-3-9(7-16-8-13)10-4-5-11(14)12(6-10)15-2/h9-14H,3-8H2,1-2H3. The lowest BCUT2D eigenvalue weighted by Crippen LogP contribution is -2.37. The zero-order valence-corrected chi connectivity index (χ0v) is 11.1. The molecule has 2 N–H and O–H groups in total. The van der Waals surface area contributed by atoms with Gasteiger partial charge >= 0.3 is 0 Å². The molecule has 0 aromatic rings. The predicted octanol–water partition coefficient (Wildman–Crippen LogP) is 1.87. The number of thioether (sulfide) groups is 1. The van der Waals surface area contributed by atoms with Crippen LogP contribution in [-0.4, -0.2) is 41.2 Å². The summed E-state index contributed by atoms with van der Waals surface area (Å²) in [5.74, 6) is 2.50. The highest BCUT2D eigenvalue weighted by Crippen LogP contribution is 2.34. The van der Waals surface area contributed by atoms with Crippen molar-refractivity contribution in [3.05, 3.63) is 0 Å². The van der Waals surface area contributed by atoms with E-state index in [2.05, 4.69) is 6.92 Å². The maximum atomic E-state index is 9.75. The van der Waals surface area contributed by atoms with Crippen molar-refractivity contribution in [3.8, 4) is 0 Å². The fourth-order valence-electron chi connectivity index (χ4n) is 2.62. The van der Waals surface area contributed by atoms with Crippen molar-refractivity contribution in [2.75, 3.05) is 18.8 Å². The lowest BCUT2D eigenvalue weighted by Gasteiger charge is -2.36. The molecule has 0 bridgehead atoms. The largest absolute Gasteiger partial charge is 0.390 e.